The van der Waals surface area contributed by atoms with Crippen LogP contribution in [0, 0.1) is 19.8 Å². The molecule has 0 radical (unpaired) electrons. The van der Waals surface area contributed by atoms with Crippen LogP contribution < -0.4 is 10.2 Å². The lowest BCUT2D eigenvalue weighted by Gasteiger charge is -2.18. The van der Waals surface area contributed by atoms with Crippen molar-refractivity contribution < 1.29 is 19.1 Å². The normalized spacial score (nSPS) is 16.1. The first kappa shape index (κ1) is 21.3. The second kappa shape index (κ2) is 8.97. The Morgan fingerprint density at radius 2 is 1.90 bits per heavy atom. The van der Waals surface area contributed by atoms with E-state index < -0.39 is 24.4 Å². The van der Waals surface area contributed by atoms with Crippen molar-refractivity contribution in [3.63, 3.8) is 0 Å². The zero-order valence-corrected chi connectivity index (χ0v) is 18.3. The van der Waals surface area contributed by atoms with Gasteiger partial charge in [-0.05, 0) is 71.2 Å². The van der Waals surface area contributed by atoms with Crippen molar-refractivity contribution in [3.8, 4) is 0 Å². The van der Waals surface area contributed by atoms with Crippen molar-refractivity contribution in [1.82, 2.24) is 0 Å². The molecule has 0 unspecified atom stereocenters. The van der Waals surface area contributed by atoms with Gasteiger partial charge in [0.05, 0.1) is 10.9 Å². The average molecular weight is 480 g/mol. The molecular weight excluding hydrogens is 460 g/mol. The van der Waals surface area contributed by atoms with Gasteiger partial charge in [-0.25, -0.2) is 0 Å². The van der Waals surface area contributed by atoms with E-state index >= 15 is 0 Å². The monoisotopic (exact) mass is 478 g/mol. The maximum atomic E-state index is 12.4. The maximum absolute atomic E-state index is 12.4. The smallest absolute Gasteiger partial charge is 0.311 e. The summed E-state index contributed by atoms with van der Waals surface area (Å²) in [5.41, 5.74) is 3.36. The number of hydrogen-bond acceptors (Lipinski definition) is 4. The fourth-order valence-electron chi connectivity index (χ4n) is 3.25. The van der Waals surface area contributed by atoms with Gasteiger partial charge in [0.1, 0.15) is 0 Å². The number of halogens is 2. The molecule has 1 aliphatic rings. The third-order valence-corrected chi connectivity index (χ3v) is 5.76. The highest BCUT2D eigenvalue weighted by Crippen LogP contribution is 2.28. The molecule has 0 aliphatic carbocycles. The van der Waals surface area contributed by atoms with Crippen LogP contribution in [0.3, 0.4) is 0 Å². The van der Waals surface area contributed by atoms with E-state index in [1.807, 2.05) is 32.0 Å². The summed E-state index contributed by atoms with van der Waals surface area (Å²) in [5, 5.41) is 3.07. The van der Waals surface area contributed by atoms with Crippen LogP contribution in [-0.2, 0) is 19.1 Å². The van der Waals surface area contributed by atoms with Gasteiger partial charge >= 0.3 is 5.97 Å². The van der Waals surface area contributed by atoms with E-state index in [0.29, 0.717) is 15.2 Å². The van der Waals surface area contributed by atoms with E-state index in [1.54, 1.807) is 23.1 Å². The number of hydrogen-bond donors (Lipinski definition) is 1. The third-order valence-electron chi connectivity index (χ3n) is 4.53. The molecule has 0 spiro atoms. The summed E-state index contributed by atoms with van der Waals surface area (Å²) < 4.78 is 5.83. The molecule has 2 aromatic rings. The Labute approximate surface area is 182 Å². The number of benzene rings is 2. The number of nitrogens with zero attached hydrogens (tertiary/aromatic N) is 1. The SMILES string of the molecule is Cc1cc(C)cc(N2C[C@H](C(=O)OCC(=O)Nc3ccc(Br)c(Cl)c3)CC2=O)c1. The van der Waals surface area contributed by atoms with E-state index in [4.69, 9.17) is 16.3 Å². The van der Waals surface area contributed by atoms with Crippen LogP contribution in [0.4, 0.5) is 11.4 Å². The first-order valence-electron chi connectivity index (χ1n) is 9.03. The Kier molecular flexibility index (Phi) is 6.59. The van der Waals surface area contributed by atoms with Gasteiger partial charge in [0.15, 0.2) is 6.61 Å². The molecule has 152 valence electrons. The highest BCUT2D eigenvalue weighted by Gasteiger charge is 2.36. The fraction of sp³-hybridized carbons (Fsp3) is 0.286. The molecule has 6 nitrogen and oxygen atoms in total. The topological polar surface area (TPSA) is 75.7 Å². The Balaban J connectivity index is 1.55. The molecule has 3 rings (SSSR count). The molecule has 1 aliphatic heterocycles. The number of amides is 2. The Bertz CT molecular complexity index is 959. The lowest BCUT2D eigenvalue weighted by Crippen LogP contribution is -2.28. The van der Waals surface area contributed by atoms with Crippen LogP contribution in [0.15, 0.2) is 40.9 Å². The largest absolute Gasteiger partial charge is 0.455 e. The van der Waals surface area contributed by atoms with Crippen LogP contribution in [0.1, 0.15) is 17.5 Å². The second-order valence-corrected chi connectivity index (χ2v) is 8.30. The van der Waals surface area contributed by atoms with Crippen LogP contribution in [0.2, 0.25) is 5.02 Å². The van der Waals surface area contributed by atoms with Crippen LogP contribution in [-0.4, -0.2) is 30.9 Å². The van der Waals surface area contributed by atoms with Gasteiger partial charge in [-0.1, -0.05) is 17.7 Å². The predicted molar refractivity (Wildman–Crippen MR) is 115 cm³/mol. The summed E-state index contributed by atoms with van der Waals surface area (Å²) in [7, 11) is 0. The van der Waals surface area contributed by atoms with E-state index in [0.717, 1.165) is 16.8 Å². The average Bonchev–Trinajstić information content (AvgIpc) is 3.04. The zero-order chi connectivity index (χ0) is 21.1. The molecule has 0 bridgehead atoms. The second-order valence-electron chi connectivity index (χ2n) is 7.04. The molecule has 1 N–H and O–H groups in total. The highest BCUT2D eigenvalue weighted by molar-refractivity contribution is 9.10. The van der Waals surface area contributed by atoms with Crippen LogP contribution in [0.25, 0.3) is 0 Å². The van der Waals surface area contributed by atoms with Crippen LogP contribution >= 0.6 is 27.5 Å². The van der Waals surface area contributed by atoms with Crippen molar-refractivity contribution in [1.29, 1.82) is 0 Å². The first-order chi connectivity index (χ1) is 13.7. The van der Waals surface area contributed by atoms with Gasteiger partial charge in [-0.15, -0.1) is 0 Å². The molecule has 1 fully saturated rings. The molecule has 2 amide bonds. The number of carbonyl (C=O) groups is 3. The van der Waals surface area contributed by atoms with Gasteiger partial charge in [-0.2, -0.15) is 0 Å². The van der Waals surface area contributed by atoms with Gasteiger partial charge in [0.25, 0.3) is 5.91 Å². The van der Waals surface area contributed by atoms with Gasteiger partial charge < -0.3 is 15.0 Å². The lowest BCUT2D eigenvalue weighted by molar-refractivity contribution is -0.151. The van der Waals surface area contributed by atoms with Gasteiger partial charge in [0.2, 0.25) is 5.91 Å². The van der Waals surface area contributed by atoms with E-state index in [9.17, 15) is 14.4 Å². The zero-order valence-electron chi connectivity index (χ0n) is 16.0. The molecule has 2 aromatic carbocycles. The highest BCUT2D eigenvalue weighted by atomic mass is 79.9. The number of ether oxygens (including phenoxy) is 1. The van der Waals surface area contributed by atoms with Crippen molar-refractivity contribution in [3.05, 3.63) is 57.0 Å². The fourth-order valence-corrected chi connectivity index (χ4v) is 3.67. The summed E-state index contributed by atoms with van der Waals surface area (Å²) in [5.74, 6) is -1.77. The van der Waals surface area contributed by atoms with E-state index in [-0.39, 0.29) is 18.9 Å². The van der Waals surface area contributed by atoms with E-state index in [1.165, 1.54) is 0 Å². The number of aryl methyl sites for hydroxylation is 2. The van der Waals surface area contributed by atoms with Crippen molar-refractivity contribution >= 4 is 56.7 Å². The van der Waals surface area contributed by atoms with Crippen molar-refractivity contribution in [2.75, 3.05) is 23.4 Å². The minimum Gasteiger partial charge on any atom is -0.455 e. The summed E-state index contributed by atoms with van der Waals surface area (Å²) in [6, 6.07) is 10.8. The Morgan fingerprint density at radius 3 is 2.55 bits per heavy atom. The Hall–Kier alpha value is -2.38. The molecule has 29 heavy (non-hydrogen) atoms. The van der Waals surface area contributed by atoms with Crippen molar-refractivity contribution in [2.45, 2.75) is 20.3 Å². The summed E-state index contributed by atoms with van der Waals surface area (Å²) in [4.78, 5) is 38.3. The first-order valence-corrected chi connectivity index (χ1v) is 10.2. The quantitative estimate of drug-likeness (QED) is 0.651. The predicted octanol–water partition coefficient (Wildman–Crippen LogP) is 4.25. The third kappa shape index (κ3) is 5.36. The molecule has 0 saturated carbocycles. The molecular formula is C21H20BrClN2O4. The number of anilines is 2. The molecule has 1 atom stereocenters. The number of nitrogens with one attached hydrogen (secondary N) is 1. The van der Waals surface area contributed by atoms with Crippen LogP contribution in [0.5, 0.6) is 0 Å². The standard InChI is InChI=1S/C21H20BrClN2O4/c1-12-5-13(2)7-16(6-12)25-10-14(8-20(25)27)21(28)29-11-19(26)24-15-3-4-17(22)18(23)9-15/h3-7,9,14H,8,10-11H2,1-2H3,(H,24,26)/t14-/m1/s1. The number of esters is 1. The molecule has 0 aromatic heterocycles. The summed E-state index contributed by atoms with van der Waals surface area (Å²) >= 11 is 9.26. The van der Waals surface area contributed by atoms with Gasteiger partial charge in [0, 0.05) is 28.8 Å². The minimum atomic E-state index is -0.599. The minimum absolute atomic E-state index is 0.0652. The Morgan fingerprint density at radius 1 is 1.21 bits per heavy atom. The molecule has 1 saturated heterocycles. The van der Waals surface area contributed by atoms with Gasteiger partial charge in [-0.3, -0.25) is 14.4 Å². The van der Waals surface area contributed by atoms with E-state index in [2.05, 4.69) is 21.2 Å². The lowest BCUT2D eigenvalue weighted by atomic mass is 10.1. The number of rotatable bonds is 5. The maximum Gasteiger partial charge on any atom is 0.311 e. The number of carbonyl (C=O) groups excluding carboxylic acids is 3. The molecule has 1 heterocycles. The summed E-state index contributed by atoms with van der Waals surface area (Å²) in [6.45, 7) is 3.73. The van der Waals surface area contributed by atoms with Crippen molar-refractivity contribution in [2.24, 2.45) is 5.92 Å². The summed E-state index contributed by atoms with van der Waals surface area (Å²) in [6.07, 6.45) is 0.0652. The molecule has 8 heteroatoms.